The number of aryl methyl sites for hydroxylation is 3. The molecular formula is C27H32N6O4. The van der Waals surface area contributed by atoms with Gasteiger partial charge >= 0.3 is 0 Å². The summed E-state index contributed by atoms with van der Waals surface area (Å²) in [6.45, 7) is 8.05. The fraction of sp³-hybridized carbons (Fsp3) is 0.333. The van der Waals surface area contributed by atoms with E-state index < -0.39 is 6.10 Å². The summed E-state index contributed by atoms with van der Waals surface area (Å²) < 4.78 is 18.8. The predicted molar refractivity (Wildman–Crippen MR) is 140 cm³/mol. The monoisotopic (exact) mass is 504 g/mol. The largest absolute Gasteiger partial charge is 0.496 e. The van der Waals surface area contributed by atoms with Crippen LogP contribution in [0.2, 0.25) is 0 Å². The van der Waals surface area contributed by atoms with Gasteiger partial charge in [0.05, 0.1) is 12.8 Å². The minimum Gasteiger partial charge on any atom is -0.496 e. The van der Waals surface area contributed by atoms with E-state index in [1.165, 1.54) is 0 Å². The number of aromatic nitrogens is 4. The van der Waals surface area contributed by atoms with E-state index in [-0.39, 0.29) is 5.91 Å². The molecule has 0 fully saturated rings. The Bertz CT molecular complexity index is 1410. The van der Waals surface area contributed by atoms with Gasteiger partial charge in [-0.15, -0.1) is 0 Å². The highest BCUT2D eigenvalue weighted by atomic mass is 16.5. The summed E-state index contributed by atoms with van der Waals surface area (Å²) in [6.07, 6.45) is -0.790. The second-order valence-electron chi connectivity index (χ2n) is 9.14. The molecule has 194 valence electrons. The van der Waals surface area contributed by atoms with Crippen LogP contribution in [0.3, 0.4) is 0 Å². The van der Waals surface area contributed by atoms with Gasteiger partial charge in [-0.25, -0.2) is 14.6 Å². The van der Waals surface area contributed by atoms with Crippen molar-refractivity contribution in [3.05, 3.63) is 65.2 Å². The number of hydrogen-bond acceptors (Lipinski definition) is 8. The molecule has 0 bridgehead atoms. The average molecular weight is 505 g/mol. The van der Waals surface area contributed by atoms with Gasteiger partial charge in [-0.3, -0.25) is 4.79 Å². The average Bonchev–Trinajstić information content (AvgIpc) is 3.43. The summed E-state index contributed by atoms with van der Waals surface area (Å²) in [6, 6.07) is 12.8. The number of ether oxygens (including phenoxy) is 2. The summed E-state index contributed by atoms with van der Waals surface area (Å²) in [4.78, 5) is 24.3. The highest BCUT2D eigenvalue weighted by molar-refractivity contribution is 5.93. The van der Waals surface area contributed by atoms with Gasteiger partial charge in [0.1, 0.15) is 23.1 Å². The quantitative estimate of drug-likeness (QED) is 0.359. The van der Waals surface area contributed by atoms with E-state index >= 15 is 0 Å². The zero-order valence-corrected chi connectivity index (χ0v) is 22.2. The maximum Gasteiger partial charge on any atom is 0.266 e. The zero-order valence-electron chi connectivity index (χ0n) is 22.2. The van der Waals surface area contributed by atoms with Crippen molar-refractivity contribution in [1.29, 1.82) is 0 Å². The summed E-state index contributed by atoms with van der Waals surface area (Å²) in [5.74, 6) is 3.36. The molecule has 3 heterocycles. The predicted octanol–water partition coefficient (Wildman–Crippen LogP) is 4.32. The van der Waals surface area contributed by atoms with Crippen LogP contribution in [0.25, 0.3) is 17.4 Å². The normalized spacial score (nSPS) is 12.0. The molecule has 4 rings (SSSR count). The first-order chi connectivity index (χ1) is 17.6. The molecule has 10 heteroatoms. The van der Waals surface area contributed by atoms with Crippen molar-refractivity contribution in [1.82, 2.24) is 24.6 Å². The van der Waals surface area contributed by atoms with E-state index in [0.29, 0.717) is 35.5 Å². The van der Waals surface area contributed by atoms with E-state index in [2.05, 4.69) is 20.4 Å². The molecule has 1 atom stereocenters. The molecule has 0 aliphatic carbocycles. The van der Waals surface area contributed by atoms with Gasteiger partial charge < -0.3 is 24.1 Å². The Morgan fingerprint density at radius 1 is 1.11 bits per heavy atom. The number of hydrogen-bond donors (Lipinski definition) is 1. The summed E-state index contributed by atoms with van der Waals surface area (Å²) in [5.41, 5.74) is 2.72. The number of amides is 1. The standard InChI is InChI=1S/C27H32N6O4/c1-16-12-17(2)33(31-16)25-14-24(28-26(30-25)23-10-8-18(3)36-23)29-27(34)19(4)37-21-9-11-22(35-7)20(13-21)15-32(5)6/h8-14,19H,15H2,1-7H3,(H,28,29,30,34). The van der Waals surface area contributed by atoms with Crippen LogP contribution in [0.4, 0.5) is 5.82 Å². The van der Waals surface area contributed by atoms with Crippen molar-refractivity contribution in [2.75, 3.05) is 26.5 Å². The molecule has 1 amide bonds. The molecule has 37 heavy (non-hydrogen) atoms. The van der Waals surface area contributed by atoms with Crippen molar-refractivity contribution in [2.24, 2.45) is 0 Å². The van der Waals surface area contributed by atoms with Crippen LogP contribution in [-0.2, 0) is 11.3 Å². The van der Waals surface area contributed by atoms with E-state index in [1.807, 2.05) is 64.0 Å². The lowest BCUT2D eigenvalue weighted by molar-refractivity contribution is -0.122. The summed E-state index contributed by atoms with van der Waals surface area (Å²) in [5, 5.41) is 7.37. The van der Waals surface area contributed by atoms with Crippen molar-refractivity contribution in [3.63, 3.8) is 0 Å². The lowest BCUT2D eigenvalue weighted by Crippen LogP contribution is -2.30. The number of anilines is 1. The number of benzene rings is 1. The first-order valence-corrected chi connectivity index (χ1v) is 11.9. The van der Waals surface area contributed by atoms with Gasteiger partial charge in [-0.05, 0) is 78.2 Å². The number of furan rings is 1. The van der Waals surface area contributed by atoms with Crippen molar-refractivity contribution in [3.8, 4) is 28.9 Å². The molecule has 0 radical (unpaired) electrons. The number of carbonyl (C=O) groups excluding carboxylic acids is 1. The Kier molecular flexibility index (Phi) is 7.58. The van der Waals surface area contributed by atoms with Crippen LogP contribution in [0.1, 0.15) is 29.6 Å². The Morgan fingerprint density at radius 3 is 2.51 bits per heavy atom. The molecule has 0 aliphatic heterocycles. The van der Waals surface area contributed by atoms with Gasteiger partial charge in [0.2, 0.25) is 0 Å². The number of nitrogens with one attached hydrogen (secondary N) is 1. The molecule has 3 aromatic heterocycles. The maximum atomic E-state index is 13.1. The summed E-state index contributed by atoms with van der Waals surface area (Å²) in [7, 11) is 5.58. The molecule has 10 nitrogen and oxygen atoms in total. The van der Waals surface area contributed by atoms with Gasteiger partial charge in [-0.1, -0.05) is 0 Å². The first kappa shape index (κ1) is 25.9. The topological polar surface area (TPSA) is 108 Å². The maximum absolute atomic E-state index is 13.1. The third-order valence-corrected chi connectivity index (χ3v) is 5.57. The molecule has 4 aromatic rings. The second kappa shape index (κ2) is 10.8. The Morgan fingerprint density at radius 2 is 1.89 bits per heavy atom. The van der Waals surface area contributed by atoms with Crippen LogP contribution in [0.5, 0.6) is 11.5 Å². The van der Waals surface area contributed by atoms with E-state index in [9.17, 15) is 4.79 Å². The summed E-state index contributed by atoms with van der Waals surface area (Å²) >= 11 is 0. The smallest absolute Gasteiger partial charge is 0.266 e. The molecular weight excluding hydrogens is 472 g/mol. The number of carbonyl (C=O) groups is 1. The van der Waals surface area contributed by atoms with E-state index in [4.69, 9.17) is 13.9 Å². The Balaban J connectivity index is 1.59. The van der Waals surface area contributed by atoms with Crippen molar-refractivity contribution >= 4 is 11.7 Å². The molecule has 1 N–H and O–H groups in total. The van der Waals surface area contributed by atoms with Crippen LogP contribution in [-0.4, -0.2) is 57.9 Å². The minimum absolute atomic E-state index is 0.310. The highest BCUT2D eigenvalue weighted by Gasteiger charge is 2.19. The van der Waals surface area contributed by atoms with Crippen LogP contribution in [0, 0.1) is 20.8 Å². The van der Waals surface area contributed by atoms with Crippen LogP contribution in [0.15, 0.2) is 46.9 Å². The molecule has 0 spiro atoms. The Hall–Kier alpha value is -4.18. The molecule has 1 unspecified atom stereocenters. The fourth-order valence-corrected chi connectivity index (χ4v) is 3.91. The highest BCUT2D eigenvalue weighted by Crippen LogP contribution is 2.26. The Labute approximate surface area is 216 Å². The van der Waals surface area contributed by atoms with Crippen LogP contribution >= 0.6 is 0 Å². The molecule has 0 saturated heterocycles. The van der Waals surface area contributed by atoms with Crippen LogP contribution < -0.4 is 14.8 Å². The second-order valence-corrected chi connectivity index (χ2v) is 9.14. The van der Waals surface area contributed by atoms with E-state index in [1.54, 1.807) is 36.9 Å². The molecule has 1 aromatic carbocycles. The SMILES string of the molecule is COc1ccc(OC(C)C(=O)Nc2cc(-n3nc(C)cc3C)nc(-c3ccc(C)o3)n2)cc1CN(C)C. The van der Waals surface area contributed by atoms with Crippen molar-refractivity contribution < 1.29 is 18.7 Å². The lowest BCUT2D eigenvalue weighted by Gasteiger charge is -2.18. The van der Waals surface area contributed by atoms with Crippen molar-refractivity contribution in [2.45, 2.75) is 40.3 Å². The van der Waals surface area contributed by atoms with Gasteiger partial charge in [0, 0.05) is 23.9 Å². The molecule has 0 saturated carbocycles. The van der Waals surface area contributed by atoms with Gasteiger partial charge in [0.15, 0.2) is 23.5 Å². The third kappa shape index (κ3) is 6.15. The lowest BCUT2D eigenvalue weighted by atomic mass is 10.1. The van der Waals surface area contributed by atoms with Gasteiger partial charge in [-0.2, -0.15) is 5.10 Å². The number of methoxy groups -OCH3 is 1. The fourth-order valence-electron chi connectivity index (χ4n) is 3.91. The van der Waals surface area contributed by atoms with E-state index in [0.717, 1.165) is 28.5 Å². The first-order valence-electron chi connectivity index (χ1n) is 11.9. The minimum atomic E-state index is -0.790. The van der Waals surface area contributed by atoms with Gasteiger partial charge in [0.25, 0.3) is 5.91 Å². The number of rotatable bonds is 9. The zero-order chi connectivity index (χ0) is 26.7. The number of nitrogens with zero attached hydrogens (tertiary/aromatic N) is 5. The third-order valence-electron chi connectivity index (χ3n) is 5.57. The molecule has 0 aliphatic rings.